The summed E-state index contributed by atoms with van der Waals surface area (Å²) in [5, 5.41) is 43.2. The lowest BCUT2D eigenvalue weighted by Gasteiger charge is -2.68. The maximum absolute atomic E-state index is 15.5. The van der Waals surface area contributed by atoms with Crippen LogP contribution in [0.4, 0.5) is 4.79 Å². The fourth-order valence-electron chi connectivity index (χ4n) is 10.0. The molecule has 17 heteroatoms. The molecule has 6 rings (SSSR count). The predicted molar refractivity (Wildman–Crippen MR) is 220 cm³/mol. The van der Waals surface area contributed by atoms with Crippen molar-refractivity contribution in [2.45, 2.75) is 135 Å². The van der Waals surface area contributed by atoms with Gasteiger partial charge in [0.15, 0.2) is 23.6 Å². The molecule has 2 saturated carbocycles. The lowest BCUT2D eigenvalue weighted by molar-refractivity contribution is -0.332. The van der Waals surface area contributed by atoms with E-state index in [0.717, 1.165) is 13.8 Å². The number of ether oxygens (including phenoxy) is 5. The molecule has 11 atom stereocenters. The molecule has 0 spiro atoms. The molecule has 1 saturated heterocycles. The highest BCUT2D eigenvalue weighted by Crippen LogP contribution is 2.63. The monoisotopic (exact) mass is 882 g/mol. The first-order valence-corrected chi connectivity index (χ1v) is 20.8. The van der Waals surface area contributed by atoms with Crippen LogP contribution in [-0.2, 0) is 42.9 Å². The van der Waals surface area contributed by atoms with E-state index in [-0.39, 0.29) is 34.8 Å². The molecule has 2 aromatic rings. The van der Waals surface area contributed by atoms with Crippen LogP contribution < -0.4 is 10.6 Å². The number of alkyl carbamates (subject to hydrolysis) is 1. The van der Waals surface area contributed by atoms with Gasteiger partial charge in [0.25, 0.3) is 5.91 Å². The lowest BCUT2D eigenvalue weighted by Crippen LogP contribution is -2.83. The smallest absolute Gasteiger partial charge is 0.408 e. The first-order valence-electron chi connectivity index (χ1n) is 20.4. The van der Waals surface area contributed by atoms with E-state index in [9.17, 15) is 39.3 Å². The van der Waals surface area contributed by atoms with Crippen LogP contribution in [-0.4, -0.2) is 111 Å². The van der Waals surface area contributed by atoms with Crippen molar-refractivity contribution in [1.29, 1.82) is 0 Å². The van der Waals surface area contributed by atoms with Gasteiger partial charge < -0.3 is 49.6 Å². The van der Waals surface area contributed by atoms with Crippen molar-refractivity contribution in [3.8, 4) is 0 Å². The van der Waals surface area contributed by atoms with E-state index in [1.165, 1.54) is 32.0 Å². The zero-order chi connectivity index (χ0) is 45.9. The summed E-state index contributed by atoms with van der Waals surface area (Å²) in [6.45, 7) is 13.0. The van der Waals surface area contributed by atoms with Gasteiger partial charge in [0.05, 0.1) is 35.8 Å². The topological polar surface area (TPSA) is 233 Å². The normalized spacial score (nSPS) is 32.2. The summed E-state index contributed by atoms with van der Waals surface area (Å²) in [7, 11) is 0. The number of hydrogen-bond acceptors (Lipinski definition) is 14. The van der Waals surface area contributed by atoms with E-state index in [4.69, 9.17) is 35.3 Å². The van der Waals surface area contributed by atoms with Gasteiger partial charge >= 0.3 is 24.0 Å². The number of benzene rings is 2. The highest BCUT2D eigenvalue weighted by atomic mass is 35.5. The lowest BCUT2D eigenvalue weighted by atomic mass is 9.44. The Labute approximate surface area is 364 Å². The maximum atomic E-state index is 15.5. The number of carbonyl (C=O) groups excluding carboxylic acids is 6. The Bertz CT molecular complexity index is 2170. The Balaban J connectivity index is 1.54. The van der Waals surface area contributed by atoms with Gasteiger partial charge in [-0.05, 0) is 69.5 Å². The molecule has 62 heavy (non-hydrogen) atoms. The zero-order valence-corrected chi connectivity index (χ0v) is 36.9. The predicted octanol–water partition coefficient (Wildman–Crippen LogP) is 4.06. The molecule has 2 bridgehead atoms. The maximum Gasteiger partial charge on any atom is 0.408 e. The fourth-order valence-corrected chi connectivity index (χ4v) is 10.2. The Hall–Kier alpha value is -4.87. The molecule has 16 nitrogen and oxygen atoms in total. The van der Waals surface area contributed by atoms with E-state index in [1.54, 1.807) is 71.0 Å². The Kier molecular flexibility index (Phi) is 12.5. The van der Waals surface area contributed by atoms with Crippen LogP contribution in [0.3, 0.4) is 0 Å². The highest BCUT2D eigenvalue weighted by molar-refractivity contribution is 6.31. The van der Waals surface area contributed by atoms with Gasteiger partial charge in [0, 0.05) is 48.6 Å². The minimum atomic E-state index is -2.32. The number of ketones is 1. The van der Waals surface area contributed by atoms with Gasteiger partial charge in [-0.3, -0.25) is 19.2 Å². The standard InChI is InChI=1S/C45H55ClN2O14/c1-22-28(60-39(55)33(52)32(25-14-11-10-12-15-25)47-40(56)62-41(4,5)6)20-45(57)36(48-38(54)26-16-13-17-27(46)18-26)35-43(9,29(51)19-30-44(35,21-58-30)61-24(3)50)37(53)34(59-23(2)49)31(22)42(45,7)8/h10-18,28-30,32-36,51-52,57H,19-21H2,1-9H3,(H,47,56)(H,48,54)/t28-,29-,30+,32-,33+,34+,35-,36-,43+,44-,45+/m0/s1. The summed E-state index contributed by atoms with van der Waals surface area (Å²) in [5.74, 6) is -6.02. The van der Waals surface area contributed by atoms with Crippen LogP contribution in [0.5, 0.6) is 0 Å². The highest BCUT2D eigenvalue weighted by Gasteiger charge is 2.77. The van der Waals surface area contributed by atoms with E-state index < -0.39 is 118 Å². The summed E-state index contributed by atoms with van der Waals surface area (Å²) in [4.78, 5) is 83.2. The van der Waals surface area contributed by atoms with Crippen LogP contribution in [0.25, 0.3) is 0 Å². The van der Waals surface area contributed by atoms with Crippen LogP contribution in [0.1, 0.15) is 97.1 Å². The molecule has 2 aromatic carbocycles. The SMILES string of the molecule is CC(=O)O[C@H]1C(=O)[C@@]2(C)[C@H]([C@H](NC(=O)c3cccc(Cl)c3)[C@]3(O)C[C@H](OC(=O)[C@H](O)[C@@H](NC(=O)OC(C)(C)C)c4ccccc4)C(C)=C1C3(C)C)[C@]1(OC(C)=O)CO[C@@H]1C[C@@H]2O. The summed E-state index contributed by atoms with van der Waals surface area (Å²) in [5.41, 5.74) is -8.10. The van der Waals surface area contributed by atoms with Gasteiger partial charge in [-0.15, -0.1) is 0 Å². The van der Waals surface area contributed by atoms with Gasteiger partial charge in [-0.25, -0.2) is 9.59 Å². The van der Waals surface area contributed by atoms with Crippen molar-refractivity contribution in [3.05, 3.63) is 81.9 Å². The van der Waals surface area contributed by atoms with Gasteiger partial charge in [0.1, 0.15) is 17.8 Å². The average Bonchev–Trinajstić information content (AvgIpc) is 3.17. The number of Topliss-reactive ketones (excluding diaryl/α,β-unsaturated/α-hetero) is 1. The number of carbonyl (C=O) groups is 6. The average molecular weight is 883 g/mol. The second-order valence-corrected chi connectivity index (χ2v) is 18.9. The largest absolute Gasteiger partial charge is 0.456 e. The quantitative estimate of drug-likeness (QED) is 0.136. The summed E-state index contributed by atoms with van der Waals surface area (Å²) in [6, 6.07) is 11.1. The molecule has 2 amide bonds. The fraction of sp³-hybridized carbons (Fsp3) is 0.556. The molecule has 0 unspecified atom stereocenters. The molecule has 0 aromatic heterocycles. The van der Waals surface area contributed by atoms with E-state index in [0.29, 0.717) is 5.56 Å². The minimum Gasteiger partial charge on any atom is -0.456 e. The third-order valence-electron chi connectivity index (χ3n) is 13.0. The number of fused-ring (bicyclic) bond motifs is 5. The van der Waals surface area contributed by atoms with Gasteiger partial charge in [0.2, 0.25) is 0 Å². The molecular weight excluding hydrogens is 828 g/mol. The van der Waals surface area contributed by atoms with Crippen molar-refractivity contribution < 1.29 is 67.8 Å². The van der Waals surface area contributed by atoms with Crippen molar-refractivity contribution in [2.24, 2.45) is 16.7 Å². The first-order chi connectivity index (χ1) is 28.8. The van der Waals surface area contributed by atoms with E-state index in [1.807, 2.05) is 0 Å². The third kappa shape index (κ3) is 8.11. The zero-order valence-electron chi connectivity index (χ0n) is 36.1. The molecule has 5 N–H and O–H groups in total. The molecule has 4 aliphatic rings. The molecule has 3 aliphatic carbocycles. The van der Waals surface area contributed by atoms with Crippen LogP contribution in [0.2, 0.25) is 5.02 Å². The minimum absolute atomic E-state index is 0.00706. The number of amides is 2. The van der Waals surface area contributed by atoms with Crippen molar-refractivity contribution >= 4 is 47.3 Å². The van der Waals surface area contributed by atoms with E-state index in [2.05, 4.69) is 10.6 Å². The molecular formula is C45H55ClN2O14. The Morgan fingerprint density at radius 2 is 1.63 bits per heavy atom. The number of aliphatic hydroxyl groups is 3. The number of rotatable bonds is 9. The Morgan fingerprint density at radius 3 is 2.19 bits per heavy atom. The Morgan fingerprint density at radius 1 is 0.968 bits per heavy atom. The third-order valence-corrected chi connectivity index (χ3v) is 13.3. The summed E-state index contributed by atoms with van der Waals surface area (Å²) in [6.07, 6.45) is -9.60. The van der Waals surface area contributed by atoms with Crippen LogP contribution in [0, 0.1) is 16.7 Å². The summed E-state index contributed by atoms with van der Waals surface area (Å²) < 4.78 is 29.3. The molecule has 0 radical (unpaired) electrons. The number of halogens is 1. The van der Waals surface area contributed by atoms with Crippen molar-refractivity contribution in [2.75, 3.05) is 6.61 Å². The molecule has 1 heterocycles. The first kappa shape index (κ1) is 46.6. The molecule has 1 aliphatic heterocycles. The number of aliphatic hydroxyl groups excluding tert-OH is 2. The molecule has 3 fully saturated rings. The summed E-state index contributed by atoms with van der Waals surface area (Å²) >= 11 is 6.29. The van der Waals surface area contributed by atoms with Crippen LogP contribution >= 0.6 is 11.6 Å². The van der Waals surface area contributed by atoms with Gasteiger partial charge in [-0.2, -0.15) is 0 Å². The van der Waals surface area contributed by atoms with E-state index >= 15 is 4.79 Å². The number of hydrogen-bond donors (Lipinski definition) is 5. The van der Waals surface area contributed by atoms with Gasteiger partial charge in [-0.1, -0.05) is 61.8 Å². The second kappa shape index (κ2) is 16.7. The van der Waals surface area contributed by atoms with Crippen LogP contribution in [0.15, 0.2) is 65.7 Å². The number of nitrogens with one attached hydrogen (secondary N) is 2. The second-order valence-electron chi connectivity index (χ2n) is 18.4. The van der Waals surface area contributed by atoms with Crippen molar-refractivity contribution in [1.82, 2.24) is 10.6 Å². The molecule has 336 valence electrons. The number of esters is 3. The van der Waals surface area contributed by atoms with Crippen molar-refractivity contribution in [3.63, 3.8) is 0 Å².